The highest BCUT2D eigenvalue weighted by Crippen LogP contribution is 2.24. The third-order valence-corrected chi connectivity index (χ3v) is 3.52. The standard InChI is InChI=1S/C12H11N5OS/c1-7-13-9-4-3-8(5-11(9)19-7)14-12(18)10-6-17(2)16-15-10/h3-6H,1-2H3,(H,14,18). The zero-order valence-electron chi connectivity index (χ0n) is 10.4. The van der Waals surface area contributed by atoms with Crippen molar-refractivity contribution in [1.82, 2.24) is 20.0 Å². The Morgan fingerprint density at radius 3 is 3.00 bits per heavy atom. The molecular formula is C12H11N5OS. The van der Waals surface area contributed by atoms with Crippen LogP contribution in [-0.2, 0) is 7.05 Å². The van der Waals surface area contributed by atoms with Crippen molar-refractivity contribution >= 4 is 33.1 Å². The summed E-state index contributed by atoms with van der Waals surface area (Å²) in [6, 6.07) is 5.63. The average molecular weight is 273 g/mol. The number of anilines is 1. The van der Waals surface area contributed by atoms with Gasteiger partial charge in [0.2, 0.25) is 0 Å². The molecule has 0 fully saturated rings. The largest absolute Gasteiger partial charge is 0.320 e. The Balaban J connectivity index is 1.86. The molecule has 7 heteroatoms. The summed E-state index contributed by atoms with van der Waals surface area (Å²) in [6.07, 6.45) is 1.57. The fourth-order valence-corrected chi connectivity index (χ4v) is 2.63. The highest BCUT2D eigenvalue weighted by atomic mass is 32.1. The molecule has 0 radical (unpaired) electrons. The number of nitrogens with zero attached hydrogens (tertiary/aromatic N) is 4. The van der Waals surface area contributed by atoms with E-state index < -0.39 is 0 Å². The number of hydrogen-bond donors (Lipinski definition) is 1. The van der Waals surface area contributed by atoms with Gasteiger partial charge in [0.1, 0.15) is 0 Å². The molecule has 0 aliphatic rings. The number of carbonyl (C=O) groups is 1. The average Bonchev–Trinajstić information content (AvgIpc) is 2.93. The van der Waals surface area contributed by atoms with Gasteiger partial charge in [-0.15, -0.1) is 16.4 Å². The summed E-state index contributed by atoms with van der Waals surface area (Å²) in [6.45, 7) is 1.96. The van der Waals surface area contributed by atoms with E-state index in [1.165, 1.54) is 4.68 Å². The summed E-state index contributed by atoms with van der Waals surface area (Å²) in [5.74, 6) is -0.270. The summed E-state index contributed by atoms with van der Waals surface area (Å²) < 4.78 is 2.54. The number of aromatic nitrogens is 4. The summed E-state index contributed by atoms with van der Waals surface area (Å²) in [5, 5.41) is 11.3. The number of aryl methyl sites for hydroxylation is 2. The molecule has 2 heterocycles. The second kappa shape index (κ2) is 4.43. The number of hydrogen-bond acceptors (Lipinski definition) is 5. The topological polar surface area (TPSA) is 72.7 Å². The molecule has 2 aromatic heterocycles. The van der Waals surface area contributed by atoms with Gasteiger partial charge in [-0.3, -0.25) is 9.48 Å². The van der Waals surface area contributed by atoms with E-state index in [0.29, 0.717) is 5.69 Å². The van der Waals surface area contributed by atoms with E-state index in [2.05, 4.69) is 20.6 Å². The van der Waals surface area contributed by atoms with Crippen LogP contribution in [0.5, 0.6) is 0 Å². The zero-order chi connectivity index (χ0) is 13.4. The van der Waals surface area contributed by atoms with E-state index in [9.17, 15) is 4.79 Å². The molecule has 1 N–H and O–H groups in total. The molecule has 0 atom stereocenters. The van der Waals surface area contributed by atoms with Crippen LogP contribution in [0.25, 0.3) is 10.2 Å². The van der Waals surface area contributed by atoms with Crippen LogP contribution in [-0.4, -0.2) is 25.9 Å². The smallest absolute Gasteiger partial charge is 0.277 e. The minimum atomic E-state index is -0.270. The molecule has 0 aliphatic carbocycles. The molecule has 0 saturated carbocycles. The highest BCUT2D eigenvalue weighted by molar-refractivity contribution is 7.18. The van der Waals surface area contributed by atoms with Crippen LogP contribution in [0.15, 0.2) is 24.4 Å². The number of fused-ring (bicyclic) bond motifs is 1. The number of amides is 1. The van der Waals surface area contributed by atoms with Crippen LogP contribution >= 0.6 is 11.3 Å². The molecule has 0 saturated heterocycles. The van der Waals surface area contributed by atoms with Crippen LogP contribution < -0.4 is 5.32 Å². The first kappa shape index (κ1) is 11.8. The molecule has 19 heavy (non-hydrogen) atoms. The maximum absolute atomic E-state index is 11.9. The molecule has 6 nitrogen and oxygen atoms in total. The molecule has 0 bridgehead atoms. The van der Waals surface area contributed by atoms with Crippen molar-refractivity contribution in [1.29, 1.82) is 0 Å². The van der Waals surface area contributed by atoms with Crippen LogP contribution in [0, 0.1) is 6.92 Å². The lowest BCUT2D eigenvalue weighted by Gasteiger charge is -2.02. The minimum Gasteiger partial charge on any atom is -0.320 e. The van der Waals surface area contributed by atoms with Crippen LogP contribution in [0.3, 0.4) is 0 Å². The van der Waals surface area contributed by atoms with Crippen LogP contribution in [0.2, 0.25) is 0 Å². The van der Waals surface area contributed by atoms with E-state index in [-0.39, 0.29) is 5.91 Å². The van der Waals surface area contributed by atoms with Gasteiger partial charge in [-0.1, -0.05) is 5.21 Å². The number of nitrogens with one attached hydrogen (secondary N) is 1. The molecule has 3 rings (SSSR count). The first-order chi connectivity index (χ1) is 9.11. The fourth-order valence-electron chi connectivity index (χ4n) is 1.76. The van der Waals surface area contributed by atoms with E-state index in [4.69, 9.17) is 0 Å². The third kappa shape index (κ3) is 2.32. The fraction of sp³-hybridized carbons (Fsp3) is 0.167. The summed E-state index contributed by atoms with van der Waals surface area (Å²) >= 11 is 1.60. The van der Waals surface area contributed by atoms with Crippen molar-refractivity contribution in [3.8, 4) is 0 Å². The number of thiazole rings is 1. The zero-order valence-corrected chi connectivity index (χ0v) is 11.2. The number of carbonyl (C=O) groups excluding carboxylic acids is 1. The van der Waals surface area contributed by atoms with Gasteiger partial charge in [0.25, 0.3) is 5.91 Å². The van der Waals surface area contributed by atoms with Crippen molar-refractivity contribution in [2.24, 2.45) is 7.05 Å². The van der Waals surface area contributed by atoms with Crippen molar-refractivity contribution in [2.45, 2.75) is 6.92 Å². The van der Waals surface area contributed by atoms with Gasteiger partial charge >= 0.3 is 0 Å². The van der Waals surface area contributed by atoms with E-state index >= 15 is 0 Å². The lowest BCUT2D eigenvalue weighted by Crippen LogP contribution is -2.12. The highest BCUT2D eigenvalue weighted by Gasteiger charge is 2.10. The molecule has 0 spiro atoms. The first-order valence-electron chi connectivity index (χ1n) is 5.67. The monoisotopic (exact) mass is 273 g/mol. The van der Waals surface area contributed by atoms with Crippen molar-refractivity contribution in [3.05, 3.63) is 35.1 Å². The first-order valence-corrected chi connectivity index (χ1v) is 6.48. The lowest BCUT2D eigenvalue weighted by molar-refractivity contribution is 0.102. The normalized spacial score (nSPS) is 10.8. The molecule has 3 aromatic rings. The van der Waals surface area contributed by atoms with Crippen molar-refractivity contribution in [2.75, 3.05) is 5.32 Å². The van der Waals surface area contributed by atoms with Gasteiger partial charge in [0.15, 0.2) is 5.69 Å². The van der Waals surface area contributed by atoms with E-state index in [1.54, 1.807) is 24.6 Å². The second-order valence-electron chi connectivity index (χ2n) is 4.15. The van der Waals surface area contributed by atoms with Gasteiger partial charge in [0, 0.05) is 12.7 Å². The third-order valence-electron chi connectivity index (χ3n) is 2.59. The van der Waals surface area contributed by atoms with E-state index in [1.807, 2.05) is 25.1 Å². The van der Waals surface area contributed by atoms with Gasteiger partial charge in [-0.05, 0) is 25.1 Å². The quantitative estimate of drug-likeness (QED) is 0.775. The Hall–Kier alpha value is -2.28. The number of benzene rings is 1. The molecule has 96 valence electrons. The number of rotatable bonds is 2. The Bertz CT molecular complexity index is 760. The lowest BCUT2D eigenvalue weighted by atomic mass is 10.3. The van der Waals surface area contributed by atoms with Gasteiger partial charge in [-0.2, -0.15) is 0 Å². The van der Waals surface area contributed by atoms with Gasteiger partial charge < -0.3 is 5.32 Å². The van der Waals surface area contributed by atoms with Gasteiger partial charge in [-0.25, -0.2) is 4.98 Å². The summed E-state index contributed by atoms with van der Waals surface area (Å²) in [7, 11) is 1.72. The molecule has 0 unspecified atom stereocenters. The maximum atomic E-state index is 11.9. The SMILES string of the molecule is Cc1nc2ccc(NC(=O)c3cn(C)nn3)cc2s1. The van der Waals surface area contributed by atoms with E-state index in [0.717, 1.165) is 20.9 Å². The summed E-state index contributed by atoms with van der Waals surface area (Å²) in [5.41, 5.74) is 1.97. The Kier molecular flexibility index (Phi) is 2.75. The predicted octanol–water partition coefficient (Wildman–Crippen LogP) is 1.99. The van der Waals surface area contributed by atoms with Crippen molar-refractivity contribution in [3.63, 3.8) is 0 Å². The minimum absolute atomic E-state index is 0.270. The van der Waals surface area contributed by atoms with Crippen LogP contribution in [0.4, 0.5) is 5.69 Å². The predicted molar refractivity (Wildman–Crippen MR) is 73.3 cm³/mol. The van der Waals surface area contributed by atoms with Crippen molar-refractivity contribution < 1.29 is 4.79 Å². The Morgan fingerprint density at radius 1 is 1.42 bits per heavy atom. The molecule has 1 aromatic carbocycles. The Morgan fingerprint density at radius 2 is 2.26 bits per heavy atom. The molecular weight excluding hydrogens is 262 g/mol. The second-order valence-corrected chi connectivity index (χ2v) is 5.38. The maximum Gasteiger partial charge on any atom is 0.277 e. The Labute approximate surface area is 113 Å². The molecule has 1 amide bonds. The molecule has 0 aliphatic heterocycles. The van der Waals surface area contributed by atoms with Crippen LogP contribution in [0.1, 0.15) is 15.5 Å². The van der Waals surface area contributed by atoms with Gasteiger partial charge in [0.05, 0.1) is 21.4 Å². The summed E-state index contributed by atoms with van der Waals surface area (Å²) in [4.78, 5) is 16.3.